The number of rotatable bonds is 1. The Bertz CT molecular complexity index is 89.1. The van der Waals surface area contributed by atoms with Gasteiger partial charge >= 0.3 is 0 Å². The second-order valence-electron chi connectivity index (χ2n) is 2.50. The van der Waals surface area contributed by atoms with E-state index in [1.807, 2.05) is 6.92 Å². The number of alkyl halides is 1. The normalized spacial score (nSPS) is 36.7. The molecule has 0 aromatic rings. The fourth-order valence-electron chi connectivity index (χ4n) is 0.708. The van der Waals surface area contributed by atoms with Crippen LogP contribution in [-0.4, -0.2) is 24.9 Å². The molecule has 3 heteroatoms. The molecular weight excluding hydrogens is 140 g/mol. The molecule has 1 fully saturated rings. The van der Waals surface area contributed by atoms with Crippen LogP contribution in [0.2, 0.25) is 0 Å². The smallest absolute Gasteiger partial charge is 0.147 e. The summed E-state index contributed by atoms with van der Waals surface area (Å²) in [7, 11) is 0. The van der Waals surface area contributed by atoms with Gasteiger partial charge in [-0.05, 0) is 6.92 Å². The molecule has 1 rings (SSSR count). The number of hydrogen-bond acceptors (Lipinski definition) is 2. The molecule has 0 bridgehead atoms. The van der Waals surface area contributed by atoms with Crippen LogP contribution in [0.3, 0.4) is 0 Å². The predicted molar refractivity (Wildman–Crippen MR) is 35.6 cm³/mol. The third kappa shape index (κ3) is 1.81. The maximum absolute atomic E-state index is 5.64. The van der Waals surface area contributed by atoms with E-state index >= 15 is 0 Å². The Labute approximate surface area is 60.1 Å². The van der Waals surface area contributed by atoms with E-state index in [-0.39, 0.29) is 5.60 Å². The van der Waals surface area contributed by atoms with E-state index in [4.69, 9.17) is 21.1 Å². The average molecular weight is 151 g/mol. The van der Waals surface area contributed by atoms with Gasteiger partial charge in [-0.2, -0.15) is 0 Å². The fourth-order valence-corrected chi connectivity index (χ4v) is 0.919. The summed E-state index contributed by atoms with van der Waals surface area (Å²) in [5.74, 6) is 0.552. The highest BCUT2D eigenvalue weighted by molar-refractivity contribution is 6.18. The SMILES string of the molecule is CC1(CCl)CCOCO1. The Hall–Kier alpha value is 0.210. The van der Waals surface area contributed by atoms with Crippen molar-refractivity contribution >= 4 is 11.6 Å². The lowest BCUT2D eigenvalue weighted by molar-refractivity contribution is -0.176. The van der Waals surface area contributed by atoms with Crippen LogP contribution in [0.15, 0.2) is 0 Å². The molecule has 1 aliphatic heterocycles. The topological polar surface area (TPSA) is 18.5 Å². The van der Waals surface area contributed by atoms with Crippen LogP contribution < -0.4 is 0 Å². The van der Waals surface area contributed by atoms with Crippen molar-refractivity contribution in [3.05, 3.63) is 0 Å². The lowest BCUT2D eigenvalue weighted by Gasteiger charge is -2.31. The van der Waals surface area contributed by atoms with Crippen LogP contribution in [0.25, 0.3) is 0 Å². The van der Waals surface area contributed by atoms with E-state index in [1.54, 1.807) is 0 Å². The third-order valence-corrected chi connectivity index (χ3v) is 2.11. The fraction of sp³-hybridized carbons (Fsp3) is 1.00. The van der Waals surface area contributed by atoms with Gasteiger partial charge in [0.05, 0.1) is 18.1 Å². The molecule has 0 radical (unpaired) electrons. The Kier molecular flexibility index (Phi) is 2.33. The molecule has 1 unspecified atom stereocenters. The van der Waals surface area contributed by atoms with E-state index < -0.39 is 0 Å². The standard InChI is InChI=1S/C6H11ClO2/c1-6(4-7)2-3-8-5-9-6/h2-5H2,1H3. The van der Waals surface area contributed by atoms with Gasteiger partial charge in [-0.15, -0.1) is 11.6 Å². The van der Waals surface area contributed by atoms with Gasteiger partial charge in [0.1, 0.15) is 6.79 Å². The Morgan fingerprint density at radius 2 is 2.44 bits per heavy atom. The minimum Gasteiger partial charge on any atom is -0.355 e. The van der Waals surface area contributed by atoms with Crippen molar-refractivity contribution in [3.63, 3.8) is 0 Å². The molecule has 0 spiro atoms. The molecule has 0 amide bonds. The van der Waals surface area contributed by atoms with Gasteiger partial charge in [0.2, 0.25) is 0 Å². The van der Waals surface area contributed by atoms with Crippen LogP contribution in [-0.2, 0) is 9.47 Å². The summed E-state index contributed by atoms with van der Waals surface area (Å²) in [6.07, 6.45) is 0.899. The molecular formula is C6H11ClO2. The molecule has 0 aliphatic carbocycles. The lowest BCUT2D eigenvalue weighted by Crippen LogP contribution is -2.37. The second-order valence-corrected chi connectivity index (χ2v) is 2.77. The van der Waals surface area contributed by atoms with Crippen molar-refractivity contribution in [2.24, 2.45) is 0 Å². The summed E-state index contributed by atoms with van der Waals surface area (Å²) in [6, 6.07) is 0. The van der Waals surface area contributed by atoms with Crippen molar-refractivity contribution in [1.82, 2.24) is 0 Å². The summed E-state index contributed by atoms with van der Waals surface area (Å²) in [6.45, 7) is 3.16. The minimum atomic E-state index is -0.139. The number of halogens is 1. The quantitative estimate of drug-likeness (QED) is 0.526. The van der Waals surface area contributed by atoms with E-state index in [1.165, 1.54) is 0 Å². The predicted octanol–water partition coefficient (Wildman–Crippen LogP) is 1.38. The monoisotopic (exact) mass is 150 g/mol. The molecule has 0 saturated carbocycles. The van der Waals surface area contributed by atoms with Crippen LogP contribution in [0.5, 0.6) is 0 Å². The maximum Gasteiger partial charge on any atom is 0.147 e. The number of ether oxygens (including phenoxy) is 2. The minimum absolute atomic E-state index is 0.139. The molecule has 54 valence electrons. The van der Waals surface area contributed by atoms with Gasteiger partial charge in [0.25, 0.3) is 0 Å². The average Bonchev–Trinajstić information content (AvgIpc) is 1.90. The van der Waals surface area contributed by atoms with Gasteiger partial charge in [0.15, 0.2) is 0 Å². The Morgan fingerprint density at radius 1 is 1.67 bits per heavy atom. The molecule has 9 heavy (non-hydrogen) atoms. The maximum atomic E-state index is 5.64. The Balaban J connectivity index is 2.37. The highest BCUT2D eigenvalue weighted by Gasteiger charge is 2.26. The van der Waals surface area contributed by atoms with Crippen molar-refractivity contribution in [2.75, 3.05) is 19.3 Å². The first kappa shape index (κ1) is 7.32. The second kappa shape index (κ2) is 2.86. The number of hydrogen-bond donors (Lipinski definition) is 0. The lowest BCUT2D eigenvalue weighted by atomic mass is 10.1. The first-order chi connectivity index (χ1) is 4.27. The van der Waals surface area contributed by atoms with Crippen LogP contribution in [0, 0.1) is 0 Å². The van der Waals surface area contributed by atoms with Gasteiger partial charge in [0, 0.05) is 6.42 Å². The van der Waals surface area contributed by atoms with E-state index in [2.05, 4.69) is 0 Å². The summed E-state index contributed by atoms with van der Waals surface area (Å²) >= 11 is 5.64. The Morgan fingerprint density at radius 3 is 2.78 bits per heavy atom. The van der Waals surface area contributed by atoms with E-state index in [0.717, 1.165) is 13.0 Å². The van der Waals surface area contributed by atoms with E-state index in [0.29, 0.717) is 12.7 Å². The first-order valence-corrected chi connectivity index (χ1v) is 3.58. The highest BCUT2D eigenvalue weighted by atomic mass is 35.5. The molecule has 1 heterocycles. The molecule has 0 aromatic heterocycles. The zero-order valence-corrected chi connectivity index (χ0v) is 6.28. The molecule has 2 nitrogen and oxygen atoms in total. The van der Waals surface area contributed by atoms with Crippen LogP contribution in [0.1, 0.15) is 13.3 Å². The summed E-state index contributed by atoms with van der Waals surface area (Å²) in [5.41, 5.74) is -0.139. The van der Waals surface area contributed by atoms with Gasteiger partial charge in [-0.1, -0.05) is 0 Å². The van der Waals surface area contributed by atoms with Gasteiger partial charge in [-0.3, -0.25) is 0 Å². The molecule has 0 N–H and O–H groups in total. The van der Waals surface area contributed by atoms with E-state index in [9.17, 15) is 0 Å². The molecule has 0 aromatic carbocycles. The zero-order valence-electron chi connectivity index (χ0n) is 5.52. The summed E-state index contributed by atoms with van der Waals surface area (Å²) < 4.78 is 10.2. The van der Waals surface area contributed by atoms with Gasteiger partial charge in [-0.25, -0.2) is 0 Å². The largest absolute Gasteiger partial charge is 0.355 e. The highest BCUT2D eigenvalue weighted by Crippen LogP contribution is 2.20. The van der Waals surface area contributed by atoms with Crippen molar-refractivity contribution < 1.29 is 9.47 Å². The summed E-state index contributed by atoms with van der Waals surface area (Å²) in [5, 5.41) is 0. The molecule has 1 aliphatic rings. The van der Waals surface area contributed by atoms with Crippen molar-refractivity contribution in [1.29, 1.82) is 0 Å². The van der Waals surface area contributed by atoms with Gasteiger partial charge < -0.3 is 9.47 Å². The molecule has 1 saturated heterocycles. The van der Waals surface area contributed by atoms with Crippen molar-refractivity contribution in [3.8, 4) is 0 Å². The third-order valence-electron chi connectivity index (χ3n) is 1.55. The van der Waals surface area contributed by atoms with Crippen LogP contribution in [0.4, 0.5) is 0 Å². The summed E-state index contributed by atoms with van der Waals surface area (Å²) in [4.78, 5) is 0. The first-order valence-electron chi connectivity index (χ1n) is 3.04. The zero-order chi connectivity index (χ0) is 6.74. The van der Waals surface area contributed by atoms with Crippen LogP contribution >= 0.6 is 11.6 Å². The van der Waals surface area contributed by atoms with Crippen molar-refractivity contribution in [2.45, 2.75) is 18.9 Å². The molecule has 1 atom stereocenters.